The van der Waals surface area contributed by atoms with Gasteiger partial charge in [-0.2, -0.15) is 5.10 Å². The Kier molecular flexibility index (Phi) is 6.21. The molecule has 2 aromatic carbocycles. The molecular weight excluding hydrogens is 394 g/mol. The van der Waals surface area contributed by atoms with Crippen LogP contribution in [0.5, 0.6) is 5.75 Å². The van der Waals surface area contributed by atoms with Crippen LogP contribution in [0.15, 0.2) is 42.6 Å². The maximum Gasteiger partial charge on any atom is 0.337 e. The molecule has 1 heterocycles. The van der Waals surface area contributed by atoms with Gasteiger partial charge in [-0.1, -0.05) is 18.9 Å². The number of ether oxygens (including phenoxy) is 2. The Morgan fingerprint density at radius 2 is 1.94 bits per heavy atom. The number of esters is 1. The maximum atomic E-state index is 12.4. The molecule has 1 amide bonds. The Balaban J connectivity index is 1.54. The molecule has 4 rings (SSSR count). The first-order chi connectivity index (χ1) is 15.1. The van der Waals surface area contributed by atoms with Gasteiger partial charge in [-0.3, -0.25) is 9.48 Å². The molecule has 31 heavy (non-hydrogen) atoms. The Bertz CT molecular complexity index is 1100. The molecule has 7 heteroatoms. The fraction of sp³-hybridized carbons (Fsp3) is 0.375. The van der Waals surface area contributed by atoms with E-state index in [0.29, 0.717) is 30.2 Å². The van der Waals surface area contributed by atoms with Gasteiger partial charge in [0, 0.05) is 23.1 Å². The van der Waals surface area contributed by atoms with Crippen LogP contribution < -0.4 is 10.1 Å². The number of rotatable bonds is 7. The second-order valence-electron chi connectivity index (χ2n) is 8.00. The fourth-order valence-corrected chi connectivity index (χ4v) is 4.24. The van der Waals surface area contributed by atoms with Crippen molar-refractivity contribution in [3.63, 3.8) is 0 Å². The van der Waals surface area contributed by atoms with Gasteiger partial charge in [-0.15, -0.1) is 0 Å². The van der Waals surface area contributed by atoms with Gasteiger partial charge in [0.1, 0.15) is 5.75 Å². The lowest BCUT2D eigenvalue weighted by molar-refractivity contribution is -0.117. The minimum Gasteiger partial charge on any atom is -0.496 e. The highest BCUT2D eigenvalue weighted by Gasteiger charge is 2.19. The zero-order chi connectivity index (χ0) is 21.8. The van der Waals surface area contributed by atoms with Crippen LogP contribution in [0.25, 0.3) is 10.9 Å². The third-order valence-electron chi connectivity index (χ3n) is 5.91. The molecule has 7 nitrogen and oxygen atoms in total. The number of benzene rings is 2. The molecule has 1 aliphatic carbocycles. The number of nitrogens with one attached hydrogen (secondary N) is 1. The van der Waals surface area contributed by atoms with Crippen molar-refractivity contribution in [2.75, 3.05) is 19.5 Å². The lowest BCUT2D eigenvalue weighted by atomic mass is 10.0. The number of fused-ring (bicyclic) bond motifs is 1. The van der Waals surface area contributed by atoms with E-state index in [1.165, 1.54) is 20.0 Å². The predicted octanol–water partition coefficient (Wildman–Crippen LogP) is 4.40. The first-order valence-electron chi connectivity index (χ1n) is 10.6. The summed E-state index contributed by atoms with van der Waals surface area (Å²) in [6.45, 7) is 0.466. The number of hydrogen-bond acceptors (Lipinski definition) is 5. The van der Waals surface area contributed by atoms with Crippen molar-refractivity contribution in [1.29, 1.82) is 0 Å². The summed E-state index contributed by atoms with van der Waals surface area (Å²) in [7, 11) is 2.92. The first kappa shape index (κ1) is 20.9. The van der Waals surface area contributed by atoms with Crippen LogP contribution in [0, 0.1) is 5.92 Å². The number of nitrogens with zero attached hydrogens (tertiary/aromatic N) is 2. The van der Waals surface area contributed by atoms with Gasteiger partial charge in [-0.05, 0) is 49.1 Å². The van der Waals surface area contributed by atoms with Gasteiger partial charge < -0.3 is 14.8 Å². The first-order valence-corrected chi connectivity index (χ1v) is 10.6. The normalized spacial score (nSPS) is 14.0. The summed E-state index contributed by atoms with van der Waals surface area (Å²) >= 11 is 0. The largest absolute Gasteiger partial charge is 0.496 e. The van der Waals surface area contributed by atoms with E-state index in [2.05, 4.69) is 10.4 Å². The van der Waals surface area contributed by atoms with Crippen molar-refractivity contribution in [3.05, 3.63) is 53.7 Å². The van der Waals surface area contributed by atoms with Crippen LogP contribution in [-0.4, -0.2) is 35.9 Å². The molecule has 0 bridgehead atoms. The Hall–Kier alpha value is -3.35. The fourth-order valence-electron chi connectivity index (χ4n) is 4.24. The molecule has 1 aromatic heterocycles. The quantitative estimate of drug-likeness (QED) is 0.572. The molecule has 0 radical (unpaired) electrons. The average Bonchev–Trinajstić information content (AvgIpc) is 3.43. The maximum absolute atomic E-state index is 12.4. The summed E-state index contributed by atoms with van der Waals surface area (Å²) in [4.78, 5) is 24.2. The van der Waals surface area contributed by atoms with E-state index in [1.54, 1.807) is 25.4 Å². The molecule has 0 spiro atoms. The van der Waals surface area contributed by atoms with Crippen molar-refractivity contribution in [1.82, 2.24) is 9.78 Å². The zero-order valence-corrected chi connectivity index (χ0v) is 17.9. The molecular formula is C24H27N3O4. The lowest BCUT2D eigenvalue weighted by Gasteiger charge is -2.12. The number of aromatic nitrogens is 2. The number of hydrogen-bond donors (Lipinski definition) is 1. The topological polar surface area (TPSA) is 82.5 Å². The van der Waals surface area contributed by atoms with Gasteiger partial charge in [0.15, 0.2) is 0 Å². The Morgan fingerprint density at radius 1 is 1.13 bits per heavy atom. The lowest BCUT2D eigenvalue weighted by Crippen LogP contribution is -2.15. The van der Waals surface area contributed by atoms with Crippen LogP contribution in [-0.2, 0) is 16.1 Å². The molecule has 162 valence electrons. The van der Waals surface area contributed by atoms with Gasteiger partial charge in [0.25, 0.3) is 0 Å². The predicted molar refractivity (Wildman–Crippen MR) is 118 cm³/mol. The molecule has 0 atom stereocenters. The number of carbonyl (C=O) groups excluding carboxylic acids is 2. The van der Waals surface area contributed by atoms with Gasteiger partial charge >= 0.3 is 5.97 Å². The Labute approximate surface area is 181 Å². The minimum absolute atomic E-state index is 0.0670. The van der Waals surface area contributed by atoms with Crippen molar-refractivity contribution in [2.24, 2.45) is 5.92 Å². The average molecular weight is 421 g/mol. The van der Waals surface area contributed by atoms with Crippen LogP contribution >= 0.6 is 0 Å². The number of methoxy groups -OCH3 is 2. The number of carbonyl (C=O) groups is 2. The van der Waals surface area contributed by atoms with Crippen LogP contribution in [0.4, 0.5) is 5.69 Å². The summed E-state index contributed by atoms with van der Waals surface area (Å²) in [5, 5.41) is 8.52. The van der Waals surface area contributed by atoms with Crippen molar-refractivity contribution >= 4 is 28.5 Å². The second kappa shape index (κ2) is 9.20. The third-order valence-corrected chi connectivity index (χ3v) is 5.91. The second-order valence-corrected chi connectivity index (χ2v) is 8.00. The summed E-state index contributed by atoms with van der Waals surface area (Å²) < 4.78 is 12.1. The van der Waals surface area contributed by atoms with E-state index in [-0.39, 0.29) is 5.91 Å². The molecule has 0 aliphatic heterocycles. The molecule has 1 aliphatic rings. The molecule has 0 saturated heterocycles. The number of anilines is 1. The van der Waals surface area contributed by atoms with Gasteiger partial charge in [0.05, 0.1) is 38.0 Å². The number of amides is 1. The molecule has 1 fully saturated rings. The van der Waals surface area contributed by atoms with E-state index in [1.807, 2.05) is 28.9 Å². The summed E-state index contributed by atoms with van der Waals surface area (Å²) in [5.74, 6) is 0.756. The monoisotopic (exact) mass is 421 g/mol. The van der Waals surface area contributed by atoms with Crippen molar-refractivity contribution in [3.8, 4) is 5.75 Å². The zero-order valence-electron chi connectivity index (χ0n) is 17.9. The highest BCUT2D eigenvalue weighted by atomic mass is 16.5. The molecule has 1 N–H and O–H groups in total. The van der Waals surface area contributed by atoms with Crippen LogP contribution in [0.1, 0.15) is 48.0 Å². The van der Waals surface area contributed by atoms with E-state index in [0.717, 1.165) is 35.0 Å². The molecule has 0 unspecified atom stereocenters. The van der Waals surface area contributed by atoms with Gasteiger partial charge in [0.2, 0.25) is 5.91 Å². The Morgan fingerprint density at radius 3 is 2.68 bits per heavy atom. The van der Waals surface area contributed by atoms with Crippen LogP contribution in [0.2, 0.25) is 0 Å². The minimum atomic E-state index is -0.410. The molecule has 1 saturated carbocycles. The standard InChI is InChI=1S/C24H27N3O4/c1-30-22-12-17(24(29)31-2)7-8-19(22)15-27-21-13-20(10-9-18(21)14-25-27)26-23(28)11-16-5-3-4-6-16/h7-10,12-14,16H,3-6,11,15H2,1-2H3,(H,26,28). The van der Waals surface area contributed by atoms with E-state index in [4.69, 9.17) is 9.47 Å². The SMILES string of the molecule is COC(=O)c1ccc(Cn2ncc3ccc(NC(=O)CC4CCCC4)cc32)c(OC)c1. The highest BCUT2D eigenvalue weighted by molar-refractivity contribution is 5.93. The van der Waals surface area contributed by atoms with E-state index >= 15 is 0 Å². The van der Waals surface area contributed by atoms with Gasteiger partial charge in [-0.25, -0.2) is 4.79 Å². The molecule has 3 aromatic rings. The summed E-state index contributed by atoms with van der Waals surface area (Å²) in [5.41, 5.74) is 3.00. The summed E-state index contributed by atoms with van der Waals surface area (Å²) in [6.07, 6.45) is 7.14. The van der Waals surface area contributed by atoms with Crippen molar-refractivity contribution < 1.29 is 19.1 Å². The van der Waals surface area contributed by atoms with E-state index in [9.17, 15) is 9.59 Å². The van der Waals surface area contributed by atoms with Crippen LogP contribution in [0.3, 0.4) is 0 Å². The van der Waals surface area contributed by atoms with E-state index < -0.39 is 5.97 Å². The summed E-state index contributed by atoms with van der Waals surface area (Å²) in [6, 6.07) is 11.0. The highest BCUT2D eigenvalue weighted by Crippen LogP contribution is 2.28. The smallest absolute Gasteiger partial charge is 0.337 e. The third kappa shape index (κ3) is 4.71. The van der Waals surface area contributed by atoms with Crippen molar-refractivity contribution in [2.45, 2.75) is 38.6 Å².